The third-order valence-electron chi connectivity index (χ3n) is 8.32. The van der Waals surface area contributed by atoms with Gasteiger partial charge in [-0.05, 0) is 87.5 Å². The summed E-state index contributed by atoms with van der Waals surface area (Å²) in [6.07, 6.45) is 10.4. The van der Waals surface area contributed by atoms with Crippen molar-refractivity contribution >= 4 is 5.78 Å². The van der Waals surface area contributed by atoms with Gasteiger partial charge in [0.05, 0.1) is 0 Å². The van der Waals surface area contributed by atoms with Gasteiger partial charge in [0.2, 0.25) is 0 Å². The fourth-order valence-electron chi connectivity index (χ4n) is 7.11. The Bertz CT molecular complexity index is 669. The first-order valence-corrected chi connectivity index (χ1v) is 9.60. The maximum Gasteiger partial charge on any atom is 0.181 e. The summed E-state index contributed by atoms with van der Waals surface area (Å²) in [7, 11) is 0. The van der Waals surface area contributed by atoms with Gasteiger partial charge in [0.25, 0.3) is 0 Å². The van der Waals surface area contributed by atoms with E-state index in [1.165, 1.54) is 42.9 Å². The lowest BCUT2D eigenvalue weighted by Crippen LogP contribution is -2.51. The number of ketones is 1. The Hall–Kier alpha value is -1.31. The van der Waals surface area contributed by atoms with Crippen LogP contribution in [0.4, 0.5) is 0 Å². The summed E-state index contributed by atoms with van der Waals surface area (Å²) < 4.78 is 0. The van der Waals surface area contributed by atoms with E-state index in [9.17, 15) is 9.90 Å². The van der Waals surface area contributed by atoms with Crippen molar-refractivity contribution in [3.8, 4) is 0 Å². The number of rotatable bonds is 1. The molecule has 0 spiro atoms. The second kappa shape index (κ2) is 5.09. The lowest BCUT2D eigenvalue weighted by Gasteiger charge is -2.57. The SMILES string of the molecule is C=C(C)[C@H]1CC[C@H]2[C@@H]3CCC4=CC(=O)C=C(O)[C@]4(C)[C@H]3CC[C@]12C. The Labute approximate surface area is 145 Å². The van der Waals surface area contributed by atoms with Crippen LogP contribution in [0, 0.1) is 34.5 Å². The molecule has 0 aromatic rings. The second-order valence-corrected chi connectivity index (χ2v) is 9.24. The van der Waals surface area contributed by atoms with Crippen LogP contribution in [0.15, 0.2) is 35.6 Å². The molecule has 130 valence electrons. The van der Waals surface area contributed by atoms with E-state index in [4.69, 9.17) is 0 Å². The van der Waals surface area contributed by atoms with Gasteiger partial charge in [-0.2, -0.15) is 0 Å². The zero-order valence-electron chi connectivity index (χ0n) is 15.3. The molecule has 4 aliphatic carbocycles. The van der Waals surface area contributed by atoms with E-state index in [1.807, 2.05) is 0 Å². The third kappa shape index (κ3) is 1.92. The van der Waals surface area contributed by atoms with Crippen molar-refractivity contribution in [3.05, 3.63) is 35.6 Å². The average Bonchev–Trinajstić information content (AvgIpc) is 2.86. The van der Waals surface area contributed by atoms with E-state index >= 15 is 0 Å². The number of hydrogen-bond acceptors (Lipinski definition) is 2. The molecule has 1 N–H and O–H groups in total. The highest BCUT2D eigenvalue weighted by atomic mass is 16.3. The molecule has 0 aromatic heterocycles. The van der Waals surface area contributed by atoms with Gasteiger partial charge in [0, 0.05) is 11.5 Å². The molecule has 0 amide bonds. The normalized spacial score (nSPS) is 47.2. The monoisotopic (exact) mass is 326 g/mol. The van der Waals surface area contributed by atoms with Crippen LogP contribution in [-0.2, 0) is 4.79 Å². The smallest absolute Gasteiger partial charge is 0.181 e. The molecule has 24 heavy (non-hydrogen) atoms. The number of fused-ring (bicyclic) bond motifs is 5. The summed E-state index contributed by atoms with van der Waals surface area (Å²) in [5.41, 5.74) is 2.60. The molecule has 4 rings (SSSR count). The van der Waals surface area contributed by atoms with Crippen molar-refractivity contribution < 1.29 is 9.90 Å². The fraction of sp³-hybridized carbons (Fsp3) is 0.682. The van der Waals surface area contributed by atoms with E-state index in [1.54, 1.807) is 6.08 Å². The number of allylic oxidation sites excluding steroid dienone is 4. The molecule has 0 aliphatic heterocycles. The van der Waals surface area contributed by atoms with E-state index in [0.717, 1.165) is 18.8 Å². The van der Waals surface area contributed by atoms with Crippen molar-refractivity contribution in [2.75, 3.05) is 0 Å². The van der Waals surface area contributed by atoms with E-state index in [-0.39, 0.29) is 11.2 Å². The largest absolute Gasteiger partial charge is 0.511 e. The molecule has 6 atom stereocenters. The van der Waals surface area contributed by atoms with Gasteiger partial charge in [-0.25, -0.2) is 0 Å². The highest BCUT2D eigenvalue weighted by Crippen LogP contribution is 2.67. The molecule has 0 heterocycles. The molecular formula is C22H30O2. The fourth-order valence-corrected chi connectivity index (χ4v) is 7.11. The number of aliphatic hydroxyl groups is 1. The summed E-state index contributed by atoms with van der Waals surface area (Å²) in [4.78, 5) is 11.9. The molecule has 0 bridgehead atoms. The van der Waals surface area contributed by atoms with Crippen LogP contribution in [0.25, 0.3) is 0 Å². The van der Waals surface area contributed by atoms with Crippen LogP contribution in [0.2, 0.25) is 0 Å². The minimum absolute atomic E-state index is 0.0396. The average molecular weight is 326 g/mol. The van der Waals surface area contributed by atoms with Gasteiger partial charge in [-0.3, -0.25) is 4.79 Å². The first-order chi connectivity index (χ1) is 11.3. The molecule has 2 nitrogen and oxygen atoms in total. The van der Waals surface area contributed by atoms with E-state index in [0.29, 0.717) is 28.9 Å². The lowest BCUT2D eigenvalue weighted by molar-refractivity contribution is -0.111. The molecule has 2 heteroatoms. The van der Waals surface area contributed by atoms with Crippen LogP contribution in [-0.4, -0.2) is 10.9 Å². The van der Waals surface area contributed by atoms with Crippen LogP contribution < -0.4 is 0 Å². The van der Waals surface area contributed by atoms with Crippen molar-refractivity contribution in [1.82, 2.24) is 0 Å². The number of carbonyl (C=O) groups excluding carboxylic acids is 1. The zero-order valence-corrected chi connectivity index (χ0v) is 15.3. The Morgan fingerprint density at radius 3 is 2.62 bits per heavy atom. The van der Waals surface area contributed by atoms with Crippen molar-refractivity contribution in [2.24, 2.45) is 34.5 Å². The third-order valence-corrected chi connectivity index (χ3v) is 8.32. The molecule has 4 aliphatic rings. The molecule has 0 unspecified atom stereocenters. The molecular weight excluding hydrogens is 296 g/mol. The predicted molar refractivity (Wildman–Crippen MR) is 96.5 cm³/mol. The van der Waals surface area contributed by atoms with Gasteiger partial charge in [0.1, 0.15) is 5.76 Å². The minimum Gasteiger partial charge on any atom is -0.511 e. The number of hydrogen-bond donors (Lipinski definition) is 1. The van der Waals surface area contributed by atoms with Crippen LogP contribution in [0.3, 0.4) is 0 Å². The number of aliphatic hydroxyl groups excluding tert-OH is 1. The Balaban J connectivity index is 1.71. The zero-order chi connectivity index (χ0) is 17.3. The highest BCUT2D eigenvalue weighted by molar-refractivity contribution is 6.01. The van der Waals surface area contributed by atoms with E-state index in [2.05, 4.69) is 27.4 Å². The molecule has 3 fully saturated rings. The summed E-state index contributed by atoms with van der Waals surface area (Å²) in [5, 5.41) is 10.7. The second-order valence-electron chi connectivity index (χ2n) is 9.24. The van der Waals surface area contributed by atoms with Gasteiger partial charge < -0.3 is 5.11 Å². The van der Waals surface area contributed by atoms with Crippen LogP contribution in [0.1, 0.15) is 59.3 Å². The maximum atomic E-state index is 11.9. The van der Waals surface area contributed by atoms with E-state index < -0.39 is 0 Å². The van der Waals surface area contributed by atoms with Gasteiger partial charge >= 0.3 is 0 Å². The number of carbonyl (C=O) groups is 1. The van der Waals surface area contributed by atoms with Gasteiger partial charge in [-0.15, -0.1) is 0 Å². The summed E-state index contributed by atoms with van der Waals surface area (Å²) in [6, 6.07) is 0. The predicted octanol–water partition coefficient (Wildman–Crippen LogP) is 5.37. The molecule has 0 saturated heterocycles. The van der Waals surface area contributed by atoms with Crippen LogP contribution >= 0.6 is 0 Å². The minimum atomic E-state index is -0.306. The summed E-state index contributed by atoms with van der Waals surface area (Å²) in [6.45, 7) is 11.2. The van der Waals surface area contributed by atoms with Crippen LogP contribution in [0.5, 0.6) is 0 Å². The van der Waals surface area contributed by atoms with Crippen molar-refractivity contribution in [2.45, 2.75) is 59.3 Å². The first-order valence-electron chi connectivity index (χ1n) is 9.60. The van der Waals surface area contributed by atoms with Crippen molar-refractivity contribution in [3.63, 3.8) is 0 Å². The molecule has 0 aromatic carbocycles. The maximum absolute atomic E-state index is 11.9. The Morgan fingerprint density at radius 2 is 1.92 bits per heavy atom. The Morgan fingerprint density at radius 1 is 1.17 bits per heavy atom. The summed E-state index contributed by atoms with van der Waals surface area (Å²) in [5.74, 6) is 2.81. The molecule has 0 radical (unpaired) electrons. The highest BCUT2D eigenvalue weighted by Gasteiger charge is 2.60. The molecule has 3 saturated carbocycles. The quantitative estimate of drug-likeness (QED) is 0.658. The summed E-state index contributed by atoms with van der Waals surface area (Å²) >= 11 is 0. The Kier molecular flexibility index (Phi) is 3.43. The lowest BCUT2D eigenvalue weighted by atomic mass is 9.47. The van der Waals surface area contributed by atoms with Gasteiger partial charge in [0.15, 0.2) is 5.78 Å². The topological polar surface area (TPSA) is 37.3 Å². The van der Waals surface area contributed by atoms with Gasteiger partial charge in [-0.1, -0.05) is 24.6 Å². The standard InChI is InChI=1S/C22H30O2/c1-13(2)17-7-8-18-16-6-5-14-11-15(23)12-20(24)22(14,4)19(16)9-10-21(17,18)3/h11-12,16-19,24H,1,5-10H2,2-4H3/t16-,17+,18-,19-,21+,22-/m0/s1. The first kappa shape index (κ1) is 16.2. The van der Waals surface area contributed by atoms with Crippen molar-refractivity contribution in [1.29, 1.82) is 0 Å².